The summed E-state index contributed by atoms with van der Waals surface area (Å²) in [7, 11) is 1.23. The van der Waals surface area contributed by atoms with Gasteiger partial charge in [-0.15, -0.1) is 0 Å². The SMILES string of the molecule is COC(=O)c1c(OCC(=O)O)ccc(Cl)c1C. The second-order valence-corrected chi connectivity index (χ2v) is 3.63. The predicted octanol–water partition coefficient (Wildman–Crippen LogP) is 1.90. The molecule has 0 atom stereocenters. The van der Waals surface area contributed by atoms with Crippen molar-refractivity contribution >= 4 is 23.5 Å². The average molecular weight is 259 g/mol. The van der Waals surface area contributed by atoms with Crippen LogP contribution in [-0.2, 0) is 9.53 Å². The first-order chi connectivity index (χ1) is 7.97. The minimum absolute atomic E-state index is 0.140. The number of rotatable bonds is 4. The van der Waals surface area contributed by atoms with Crippen LogP contribution in [0.15, 0.2) is 12.1 Å². The van der Waals surface area contributed by atoms with Crippen molar-refractivity contribution in [3.8, 4) is 5.75 Å². The molecule has 1 aromatic rings. The summed E-state index contributed by atoms with van der Waals surface area (Å²) in [4.78, 5) is 22.0. The summed E-state index contributed by atoms with van der Waals surface area (Å²) in [6, 6.07) is 2.96. The number of hydrogen-bond donors (Lipinski definition) is 1. The van der Waals surface area contributed by atoms with E-state index in [1.807, 2.05) is 0 Å². The number of methoxy groups -OCH3 is 1. The van der Waals surface area contributed by atoms with Crippen LogP contribution >= 0.6 is 11.6 Å². The molecule has 0 spiro atoms. The van der Waals surface area contributed by atoms with E-state index in [0.29, 0.717) is 10.6 Å². The summed E-state index contributed by atoms with van der Waals surface area (Å²) < 4.78 is 9.59. The van der Waals surface area contributed by atoms with Gasteiger partial charge >= 0.3 is 11.9 Å². The minimum atomic E-state index is -1.13. The monoisotopic (exact) mass is 258 g/mol. The van der Waals surface area contributed by atoms with Crippen molar-refractivity contribution in [3.63, 3.8) is 0 Å². The van der Waals surface area contributed by atoms with Gasteiger partial charge in [0.25, 0.3) is 0 Å². The molecule has 0 aliphatic carbocycles. The van der Waals surface area contributed by atoms with Gasteiger partial charge in [0.15, 0.2) is 6.61 Å². The number of carboxylic acid groups (broad SMARTS) is 1. The zero-order valence-electron chi connectivity index (χ0n) is 9.32. The van der Waals surface area contributed by atoms with E-state index >= 15 is 0 Å². The maximum absolute atomic E-state index is 11.5. The first-order valence-electron chi connectivity index (χ1n) is 4.69. The predicted molar refractivity (Wildman–Crippen MR) is 60.7 cm³/mol. The summed E-state index contributed by atoms with van der Waals surface area (Å²) in [5.41, 5.74) is 0.627. The first kappa shape index (κ1) is 13.3. The summed E-state index contributed by atoms with van der Waals surface area (Å²) in [5, 5.41) is 8.90. The average Bonchev–Trinajstić information content (AvgIpc) is 2.29. The van der Waals surface area contributed by atoms with Crippen LogP contribution in [0.5, 0.6) is 5.75 Å². The highest BCUT2D eigenvalue weighted by Crippen LogP contribution is 2.28. The minimum Gasteiger partial charge on any atom is -0.481 e. The molecule has 17 heavy (non-hydrogen) atoms. The Kier molecular flexibility index (Phi) is 4.34. The molecule has 1 aromatic carbocycles. The molecule has 0 aliphatic rings. The number of halogens is 1. The smallest absolute Gasteiger partial charge is 0.341 e. The fraction of sp³-hybridized carbons (Fsp3) is 0.273. The zero-order chi connectivity index (χ0) is 13.0. The Labute approximate surface area is 103 Å². The van der Waals surface area contributed by atoms with Crippen molar-refractivity contribution in [3.05, 3.63) is 28.3 Å². The molecule has 0 saturated heterocycles. The van der Waals surface area contributed by atoms with Crippen LogP contribution in [0.25, 0.3) is 0 Å². The van der Waals surface area contributed by atoms with E-state index in [1.54, 1.807) is 6.92 Å². The number of esters is 1. The van der Waals surface area contributed by atoms with E-state index in [-0.39, 0.29) is 11.3 Å². The van der Waals surface area contributed by atoms with Crippen molar-refractivity contribution in [2.24, 2.45) is 0 Å². The van der Waals surface area contributed by atoms with Crippen LogP contribution in [-0.4, -0.2) is 30.8 Å². The Bertz CT molecular complexity index is 455. The molecule has 0 unspecified atom stereocenters. The molecular weight excluding hydrogens is 248 g/mol. The topological polar surface area (TPSA) is 72.8 Å². The van der Waals surface area contributed by atoms with E-state index in [2.05, 4.69) is 4.74 Å². The molecular formula is C11H11ClO5. The first-order valence-corrected chi connectivity index (χ1v) is 5.07. The van der Waals surface area contributed by atoms with Crippen LogP contribution in [0.4, 0.5) is 0 Å². The molecule has 0 radical (unpaired) electrons. The molecule has 0 aromatic heterocycles. The standard InChI is InChI=1S/C11H11ClO5/c1-6-7(12)3-4-8(17-5-9(13)14)10(6)11(15)16-2/h3-4H,5H2,1-2H3,(H,13,14). The van der Waals surface area contributed by atoms with Crippen molar-refractivity contribution < 1.29 is 24.2 Å². The molecule has 6 heteroatoms. The Morgan fingerprint density at radius 3 is 2.59 bits per heavy atom. The second-order valence-electron chi connectivity index (χ2n) is 3.22. The van der Waals surface area contributed by atoms with Crippen molar-refractivity contribution in [2.45, 2.75) is 6.92 Å². The quantitative estimate of drug-likeness (QED) is 0.835. The third-order valence-electron chi connectivity index (χ3n) is 2.10. The lowest BCUT2D eigenvalue weighted by atomic mass is 10.1. The molecule has 0 amide bonds. The summed E-state index contributed by atoms with van der Waals surface area (Å²) in [5.74, 6) is -1.61. The molecule has 0 bridgehead atoms. The third kappa shape index (κ3) is 3.10. The van der Waals surface area contributed by atoms with E-state index in [4.69, 9.17) is 21.4 Å². The van der Waals surface area contributed by atoms with Gasteiger partial charge in [-0.2, -0.15) is 0 Å². The molecule has 1 N–H and O–H groups in total. The van der Waals surface area contributed by atoms with Gasteiger partial charge in [-0.05, 0) is 24.6 Å². The van der Waals surface area contributed by atoms with Crippen molar-refractivity contribution in [1.29, 1.82) is 0 Å². The van der Waals surface area contributed by atoms with Gasteiger partial charge in [0.2, 0.25) is 0 Å². The molecule has 0 fully saturated rings. The van der Waals surface area contributed by atoms with E-state index in [1.165, 1.54) is 19.2 Å². The van der Waals surface area contributed by atoms with E-state index in [0.717, 1.165) is 0 Å². The fourth-order valence-electron chi connectivity index (χ4n) is 1.28. The Morgan fingerprint density at radius 1 is 1.41 bits per heavy atom. The highest BCUT2D eigenvalue weighted by Gasteiger charge is 2.18. The van der Waals surface area contributed by atoms with Crippen LogP contribution in [0.1, 0.15) is 15.9 Å². The Morgan fingerprint density at radius 2 is 2.06 bits per heavy atom. The van der Waals surface area contributed by atoms with E-state index in [9.17, 15) is 9.59 Å². The lowest BCUT2D eigenvalue weighted by Crippen LogP contribution is -2.13. The van der Waals surface area contributed by atoms with Gasteiger partial charge in [0.1, 0.15) is 11.3 Å². The number of benzene rings is 1. The van der Waals surface area contributed by atoms with E-state index < -0.39 is 18.5 Å². The fourth-order valence-corrected chi connectivity index (χ4v) is 1.43. The summed E-state index contributed by atoms with van der Waals surface area (Å²) in [6.45, 7) is 1.09. The summed E-state index contributed by atoms with van der Waals surface area (Å²) in [6.07, 6.45) is 0. The van der Waals surface area contributed by atoms with Gasteiger partial charge < -0.3 is 14.6 Å². The number of carboxylic acids is 1. The maximum atomic E-state index is 11.5. The molecule has 1 rings (SSSR count). The molecule has 0 heterocycles. The van der Waals surface area contributed by atoms with Gasteiger partial charge in [-0.3, -0.25) is 0 Å². The van der Waals surface area contributed by atoms with Crippen LogP contribution < -0.4 is 4.74 Å². The maximum Gasteiger partial charge on any atom is 0.341 e. The molecule has 0 aliphatic heterocycles. The lowest BCUT2D eigenvalue weighted by Gasteiger charge is -2.12. The summed E-state index contributed by atoms with van der Waals surface area (Å²) >= 11 is 5.87. The van der Waals surface area contributed by atoms with Crippen molar-refractivity contribution in [1.82, 2.24) is 0 Å². The highest BCUT2D eigenvalue weighted by molar-refractivity contribution is 6.31. The molecule has 5 nitrogen and oxygen atoms in total. The number of carbonyl (C=O) groups is 2. The van der Waals surface area contributed by atoms with Gasteiger partial charge in [-0.25, -0.2) is 9.59 Å². The van der Waals surface area contributed by atoms with Gasteiger partial charge in [-0.1, -0.05) is 11.6 Å². The largest absolute Gasteiger partial charge is 0.481 e. The Hall–Kier alpha value is -1.75. The number of aliphatic carboxylic acids is 1. The number of ether oxygens (including phenoxy) is 2. The van der Waals surface area contributed by atoms with Gasteiger partial charge in [0, 0.05) is 5.02 Å². The van der Waals surface area contributed by atoms with Crippen LogP contribution in [0.2, 0.25) is 5.02 Å². The van der Waals surface area contributed by atoms with Gasteiger partial charge in [0.05, 0.1) is 7.11 Å². The van der Waals surface area contributed by atoms with Crippen LogP contribution in [0, 0.1) is 6.92 Å². The van der Waals surface area contributed by atoms with Crippen LogP contribution in [0.3, 0.4) is 0 Å². The molecule has 0 saturated carbocycles. The normalized spacial score (nSPS) is 9.82. The zero-order valence-corrected chi connectivity index (χ0v) is 10.1. The number of hydrogen-bond acceptors (Lipinski definition) is 4. The van der Waals surface area contributed by atoms with Crippen molar-refractivity contribution in [2.75, 3.05) is 13.7 Å². The Balaban J connectivity index is 3.15. The highest BCUT2D eigenvalue weighted by atomic mass is 35.5. The third-order valence-corrected chi connectivity index (χ3v) is 2.51. The number of carbonyl (C=O) groups excluding carboxylic acids is 1. The lowest BCUT2D eigenvalue weighted by molar-refractivity contribution is -0.139. The molecule has 92 valence electrons. The second kappa shape index (κ2) is 5.54.